The van der Waals surface area contributed by atoms with Gasteiger partial charge in [0.2, 0.25) is 5.82 Å². The standard InChI is InChI=1S/C23H24N4O4S/c1-14(21(29)15-9-10-18-17(12-15)24-20(28)13-31-18)32-23-26-25-22(19-8-5-11-30-19)27(23)16-6-3-2-4-7-16/h5,8-12,14,16H,2-4,6-7,13H2,1H3,(H,24,28). The van der Waals surface area contributed by atoms with Crippen LogP contribution in [0.4, 0.5) is 5.69 Å². The first-order valence-corrected chi connectivity index (χ1v) is 11.7. The van der Waals surface area contributed by atoms with Gasteiger partial charge in [-0.25, -0.2) is 0 Å². The Hall–Kier alpha value is -3.07. The number of ketones is 1. The predicted molar refractivity (Wildman–Crippen MR) is 120 cm³/mol. The van der Waals surface area contributed by atoms with Crippen molar-refractivity contribution in [3.63, 3.8) is 0 Å². The van der Waals surface area contributed by atoms with E-state index >= 15 is 0 Å². The third-order valence-corrected chi connectivity index (χ3v) is 6.95. The molecular weight excluding hydrogens is 428 g/mol. The number of nitrogens with zero attached hydrogens (tertiary/aromatic N) is 3. The number of fused-ring (bicyclic) bond motifs is 1. The average molecular weight is 453 g/mol. The van der Waals surface area contributed by atoms with Gasteiger partial charge in [0.25, 0.3) is 5.91 Å². The number of rotatable bonds is 6. The highest BCUT2D eigenvalue weighted by Gasteiger charge is 2.28. The first kappa shape index (κ1) is 20.8. The lowest BCUT2D eigenvalue weighted by molar-refractivity contribution is -0.118. The summed E-state index contributed by atoms with van der Waals surface area (Å²) in [4.78, 5) is 24.8. The third-order valence-electron chi connectivity index (χ3n) is 5.89. The van der Waals surface area contributed by atoms with Crippen LogP contribution in [-0.2, 0) is 4.79 Å². The molecule has 166 valence electrons. The molecule has 2 aliphatic rings. The summed E-state index contributed by atoms with van der Waals surface area (Å²) in [6.45, 7) is 1.86. The summed E-state index contributed by atoms with van der Waals surface area (Å²) in [7, 11) is 0. The molecular formula is C23H24N4O4S. The van der Waals surface area contributed by atoms with Gasteiger partial charge in [-0.2, -0.15) is 0 Å². The molecule has 1 aliphatic heterocycles. The molecule has 1 fully saturated rings. The van der Waals surface area contributed by atoms with Gasteiger partial charge >= 0.3 is 0 Å². The van der Waals surface area contributed by atoms with Crippen molar-refractivity contribution in [2.45, 2.75) is 55.5 Å². The molecule has 1 N–H and O–H groups in total. The summed E-state index contributed by atoms with van der Waals surface area (Å²) >= 11 is 1.40. The first-order chi connectivity index (χ1) is 15.6. The van der Waals surface area contributed by atoms with Crippen molar-refractivity contribution in [2.24, 2.45) is 0 Å². The summed E-state index contributed by atoms with van der Waals surface area (Å²) in [5.41, 5.74) is 1.04. The Morgan fingerprint density at radius 3 is 2.84 bits per heavy atom. The number of carbonyl (C=O) groups excluding carboxylic acids is 2. The highest BCUT2D eigenvalue weighted by atomic mass is 32.2. The Morgan fingerprint density at radius 2 is 2.06 bits per heavy atom. The quantitative estimate of drug-likeness (QED) is 0.426. The zero-order chi connectivity index (χ0) is 22.1. The lowest BCUT2D eigenvalue weighted by atomic mass is 9.95. The summed E-state index contributed by atoms with van der Waals surface area (Å²) in [6, 6.07) is 9.14. The lowest BCUT2D eigenvalue weighted by Crippen LogP contribution is -2.26. The normalized spacial score (nSPS) is 17.3. The van der Waals surface area contributed by atoms with E-state index in [-0.39, 0.29) is 23.5 Å². The molecule has 32 heavy (non-hydrogen) atoms. The molecule has 5 rings (SSSR count). The van der Waals surface area contributed by atoms with Crippen LogP contribution >= 0.6 is 11.8 Å². The predicted octanol–water partition coefficient (Wildman–Crippen LogP) is 4.74. The molecule has 1 saturated carbocycles. The number of Topliss-reactive ketones (excluding diaryl/α,β-unsaturated/α-hetero) is 1. The maximum absolute atomic E-state index is 13.2. The van der Waals surface area contributed by atoms with Gasteiger partial charge in [-0.05, 0) is 50.1 Å². The van der Waals surface area contributed by atoms with Crippen LogP contribution in [0.2, 0.25) is 0 Å². The van der Waals surface area contributed by atoms with Gasteiger partial charge in [-0.1, -0.05) is 31.0 Å². The number of carbonyl (C=O) groups is 2. The van der Waals surface area contributed by atoms with Crippen LogP contribution in [0.3, 0.4) is 0 Å². The topological polar surface area (TPSA) is 99.3 Å². The van der Waals surface area contributed by atoms with Crippen LogP contribution in [-0.4, -0.2) is 38.3 Å². The Morgan fingerprint density at radius 1 is 1.22 bits per heavy atom. The molecule has 1 aromatic carbocycles. The van der Waals surface area contributed by atoms with Gasteiger partial charge in [0.05, 0.1) is 17.2 Å². The number of amides is 1. The summed E-state index contributed by atoms with van der Waals surface area (Å²) in [5, 5.41) is 11.9. The van der Waals surface area contributed by atoms with Gasteiger partial charge in [-0.3, -0.25) is 14.2 Å². The average Bonchev–Trinajstić information content (AvgIpc) is 3.48. The highest BCUT2D eigenvalue weighted by molar-refractivity contribution is 8.00. The molecule has 1 atom stereocenters. The fourth-order valence-corrected chi connectivity index (χ4v) is 5.28. The van der Waals surface area contributed by atoms with Gasteiger partial charge < -0.3 is 14.5 Å². The number of ether oxygens (including phenoxy) is 1. The molecule has 0 radical (unpaired) electrons. The van der Waals surface area contributed by atoms with Crippen LogP contribution in [0.25, 0.3) is 11.6 Å². The number of hydrogen-bond acceptors (Lipinski definition) is 7. The summed E-state index contributed by atoms with van der Waals surface area (Å²) in [5.74, 6) is 1.68. The molecule has 3 heterocycles. The van der Waals surface area contributed by atoms with Crippen molar-refractivity contribution in [1.82, 2.24) is 14.8 Å². The fraction of sp³-hybridized carbons (Fsp3) is 0.391. The second-order valence-electron chi connectivity index (χ2n) is 8.12. The summed E-state index contributed by atoms with van der Waals surface area (Å²) in [6.07, 6.45) is 7.33. The zero-order valence-electron chi connectivity index (χ0n) is 17.7. The van der Waals surface area contributed by atoms with Crippen molar-refractivity contribution in [2.75, 3.05) is 11.9 Å². The number of furan rings is 1. The van der Waals surface area contributed by atoms with Crippen LogP contribution in [0.15, 0.2) is 46.2 Å². The smallest absolute Gasteiger partial charge is 0.262 e. The van der Waals surface area contributed by atoms with E-state index in [1.807, 2.05) is 19.1 Å². The summed E-state index contributed by atoms with van der Waals surface area (Å²) < 4.78 is 13.1. The third kappa shape index (κ3) is 4.04. The van der Waals surface area contributed by atoms with E-state index in [1.165, 1.54) is 31.0 Å². The second kappa shape index (κ2) is 8.82. The van der Waals surface area contributed by atoms with E-state index in [2.05, 4.69) is 20.1 Å². The monoisotopic (exact) mass is 452 g/mol. The van der Waals surface area contributed by atoms with Crippen LogP contribution in [0.5, 0.6) is 5.75 Å². The lowest BCUT2D eigenvalue weighted by Gasteiger charge is -2.25. The van der Waals surface area contributed by atoms with Crippen LogP contribution < -0.4 is 10.1 Å². The van der Waals surface area contributed by atoms with Crippen molar-refractivity contribution in [3.05, 3.63) is 42.2 Å². The minimum atomic E-state index is -0.385. The number of aromatic nitrogens is 3. The molecule has 1 aliphatic carbocycles. The van der Waals surface area contributed by atoms with E-state index in [9.17, 15) is 9.59 Å². The molecule has 1 amide bonds. The molecule has 0 spiro atoms. The number of hydrogen-bond donors (Lipinski definition) is 1. The first-order valence-electron chi connectivity index (χ1n) is 10.9. The maximum Gasteiger partial charge on any atom is 0.262 e. The second-order valence-corrected chi connectivity index (χ2v) is 9.43. The Balaban J connectivity index is 1.40. The van der Waals surface area contributed by atoms with Crippen molar-refractivity contribution >= 4 is 29.1 Å². The molecule has 2 aromatic heterocycles. The van der Waals surface area contributed by atoms with E-state index in [0.717, 1.165) is 18.0 Å². The van der Waals surface area contributed by atoms with Gasteiger partial charge in [0.1, 0.15) is 5.75 Å². The number of nitrogens with one attached hydrogen (secondary N) is 1. The van der Waals surface area contributed by atoms with Gasteiger partial charge in [0, 0.05) is 11.6 Å². The van der Waals surface area contributed by atoms with Crippen LogP contribution in [0, 0.1) is 0 Å². The fourth-order valence-electron chi connectivity index (χ4n) is 4.28. The van der Waals surface area contributed by atoms with Crippen molar-refractivity contribution in [3.8, 4) is 17.3 Å². The minimum Gasteiger partial charge on any atom is -0.482 e. The molecule has 3 aromatic rings. The van der Waals surface area contributed by atoms with Crippen molar-refractivity contribution < 1.29 is 18.7 Å². The zero-order valence-corrected chi connectivity index (χ0v) is 18.6. The van der Waals surface area contributed by atoms with E-state index < -0.39 is 0 Å². The number of anilines is 1. The highest BCUT2D eigenvalue weighted by Crippen LogP contribution is 2.37. The number of benzene rings is 1. The minimum absolute atomic E-state index is 0.0125. The van der Waals surface area contributed by atoms with Crippen LogP contribution in [0.1, 0.15) is 55.4 Å². The SMILES string of the molecule is CC(Sc1nnc(-c2ccco2)n1C1CCCCC1)C(=O)c1ccc2c(c1)NC(=O)CO2. The van der Waals surface area contributed by atoms with Gasteiger partial charge in [0.15, 0.2) is 23.3 Å². The number of thioether (sulfide) groups is 1. The Bertz CT molecular complexity index is 1140. The van der Waals surface area contributed by atoms with E-state index in [1.54, 1.807) is 24.5 Å². The van der Waals surface area contributed by atoms with Gasteiger partial charge in [-0.15, -0.1) is 10.2 Å². The largest absolute Gasteiger partial charge is 0.482 e. The Kier molecular flexibility index (Phi) is 5.73. The Labute approximate surface area is 189 Å². The van der Waals surface area contributed by atoms with Crippen molar-refractivity contribution in [1.29, 1.82) is 0 Å². The molecule has 1 unspecified atom stereocenters. The molecule has 0 saturated heterocycles. The maximum atomic E-state index is 13.2. The molecule has 0 bridgehead atoms. The molecule has 9 heteroatoms. The van der Waals surface area contributed by atoms with E-state index in [0.29, 0.717) is 34.6 Å². The molecule has 8 nitrogen and oxygen atoms in total. The van der Waals surface area contributed by atoms with E-state index in [4.69, 9.17) is 9.15 Å².